The molecule has 112 valence electrons. The second-order valence-electron chi connectivity index (χ2n) is 3.98. The molecule has 20 heavy (non-hydrogen) atoms. The Morgan fingerprint density at radius 1 is 1.25 bits per heavy atom. The van der Waals surface area contributed by atoms with Gasteiger partial charge in [-0.25, -0.2) is 4.39 Å². The summed E-state index contributed by atoms with van der Waals surface area (Å²) < 4.78 is 58.3. The first-order valence-electron chi connectivity index (χ1n) is 5.50. The van der Waals surface area contributed by atoms with Crippen molar-refractivity contribution >= 4 is 17.9 Å². The molecule has 1 aromatic carbocycles. The van der Waals surface area contributed by atoms with Gasteiger partial charge in [-0.05, 0) is 26.0 Å². The normalized spacial score (nSPS) is 14.8. The highest BCUT2D eigenvalue weighted by molar-refractivity contribution is 6.33. The summed E-state index contributed by atoms with van der Waals surface area (Å²) in [7, 11) is 0. The van der Waals surface area contributed by atoms with Gasteiger partial charge in [0.25, 0.3) is 0 Å². The van der Waals surface area contributed by atoms with E-state index in [2.05, 4.69) is 4.74 Å². The zero-order valence-electron chi connectivity index (χ0n) is 10.5. The molecule has 0 bridgehead atoms. The van der Waals surface area contributed by atoms with E-state index in [-0.39, 0.29) is 17.6 Å². The van der Waals surface area contributed by atoms with Crippen LogP contribution in [0.2, 0.25) is 5.02 Å². The van der Waals surface area contributed by atoms with Crippen LogP contribution < -0.4 is 4.74 Å². The summed E-state index contributed by atoms with van der Waals surface area (Å²) in [6.07, 6.45) is -6.89. The molecule has 0 aromatic heterocycles. The van der Waals surface area contributed by atoms with Crippen LogP contribution in [0.15, 0.2) is 12.1 Å². The first-order chi connectivity index (χ1) is 9.15. The van der Waals surface area contributed by atoms with Crippen molar-refractivity contribution in [3.8, 4) is 5.75 Å². The number of carbonyl (C=O) groups excluding carboxylic acids is 1. The minimum atomic E-state index is -4.80. The van der Waals surface area contributed by atoms with Gasteiger partial charge in [0.2, 0.25) is 0 Å². The fourth-order valence-electron chi connectivity index (χ4n) is 1.36. The lowest BCUT2D eigenvalue weighted by Gasteiger charge is -2.23. The molecule has 1 unspecified atom stereocenters. The van der Waals surface area contributed by atoms with Crippen molar-refractivity contribution in [1.29, 1.82) is 0 Å². The first-order valence-corrected chi connectivity index (χ1v) is 5.88. The van der Waals surface area contributed by atoms with Gasteiger partial charge in [-0.2, -0.15) is 0 Å². The molecule has 0 amide bonds. The van der Waals surface area contributed by atoms with Gasteiger partial charge in [0.15, 0.2) is 6.29 Å². The number of benzene rings is 1. The quantitative estimate of drug-likeness (QED) is 0.609. The molecule has 0 saturated heterocycles. The Kier molecular flexibility index (Phi) is 5.35. The second kappa shape index (κ2) is 6.41. The fourth-order valence-corrected chi connectivity index (χ4v) is 1.56. The Balaban J connectivity index is 2.88. The molecule has 8 heteroatoms. The monoisotopic (exact) mass is 314 g/mol. The van der Waals surface area contributed by atoms with Crippen LogP contribution in [0.4, 0.5) is 17.6 Å². The average molecular weight is 315 g/mol. The van der Waals surface area contributed by atoms with Crippen molar-refractivity contribution in [2.45, 2.75) is 32.4 Å². The molecule has 0 heterocycles. The molecular formula is C12H11ClF4O3. The third kappa shape index (κ3) is 4.35. The number of hydrogen-bond donors (Lipinski definition) is 0. The molecule has 0 spiro atoms. The van der Waals surface area contributed by atoms with E-state index in [0.29, 0.717) is 0 Å². The second-order valence-corrected chi connectivity index (χ2v) is 4.36. The Hall–Kier alpha value is -1.34. The molecule has 1 rings (SSSR count). The van der Waals surface area contributed by atoms with Crippen molar-refractivity contribution in [3.05, 3.63) is 28.5 Å². The molecule has 1 aromatic rings. The maximum Gasteiger partial charge on any atom is 0.522 e. The number of hydrogen-bond acceptors (Lipinski definition) is 3. The first kappa shape index (κ1) is 16.7. The maximum absolute atomic E-state index is 13.1. The third-order valence-electron chi connectivity index (χ3n) is 2.50. The van der Waals surface area contributed by atoms with Crippen molar-refractivity contribution in [2.24, 2.45) is 0 Å². The predicted molar refractivity (Wildman–Crippen MR) is 63.5 cm³/mol. The number of ether oxygens (including phenoxy) is 2. The zero-order chi connectivity index (χ0) is 15.5. The van der Waals surface area contributed by atoms with Gasteiger partial charge in [0.1, 0.15) is 23.8 Å². The van der Waals surface area contributed by atoms with Gasteiger partial charge >= 0.3 is 6.36 Å². The van der Waals surface area contributed by atoms with Crippen LogP contribution in [-0.4, -0.2) is 24.9 Å². The molecule has 0 radical (unpaired) electrons. The van der Waals surface area contributed by atoms with Crippen molar-refractivity contribution in [3.63, 3.8) is 0 Å². The van der Waals surface area contributed by atoms with E-state index < -0.39 is 29.4 Å². The largest absolute Gasteiger partial charge is 0.522 e. The lowest BCUT2D eigenvalue weighted by Crippen LogP contribution is -2.34. The van der Waals surface area contributed by atoms with Gasteiger partial charge in [0, 0.05) is 0 Å². The van der Waals surface area contributed by atoms with E-state index in [0.717, 1.165) is 19.1 Å². The van der Waals surface area contributed by atoms with Gasteiger partial charge < -0.3 is 4.74 Å². The highest BCUT2D eigenvalue weighted by Crippen LogP contribution is 2.29. The Morgan fingerprint density at radius 3 is 2.35 bits per heavy atom. The van der Waals surface area contributed by atoms with E-state index >= 15 is 0 Å². The number of alkyl halides is 3. The maximum atomic E-state index is 13.1. The molecular weight excluding hydrogens is 304 g/mol. The topological polar surface area (TPSA) is 35.5 Å². The highest BCUT2D eigenvalue weighted by atomic mass is 35.5. The number of aldehydes is 1. The van der Waals surface area contributed by atoms with Crippen molar-refractivity contribution < 1.29 is 31.8 Å². The third-order valence-corrected chi connectivity index (χ3v) is 2.89. The van der Waals surface area contributed by atoms with E-state index in [1.807, 2.05) is 0 Å². The summed E-state index contributed by atoms with van der Waals surface area (Å²) in [5, 5.41) is -0.450. The zero-order valence-corrected chi connectivity index (χ0v) is 11.3. The minimum Gasteiger partial charge on any atom is -0.487 e. The van der Waals surface area contributed by atoms with Gasteiger partial charge in [-0.3, -0.25) is 9.53 Å². The molecule has 2 atom stereocenters. The molecule has 0 aliphatic heterocycles. The van der Waals surface area contributed by atoms with E-state index in [9.17, 15) is 22.4 Å². The van der Waals surface area contributed by atoms with Crippen LogP contribution in [-0.2, 0) is 4.74 Å². The van der Waals surface area contributed by atoms with Crippen LogP contribution in [0, 0.1) is 5.82 Å². The summed E-state index contributed by atoms with van der Waals surface area (Å²) in [4.78, 5) is 10.8. The Bertz CT molecular complexity index is 490. The minimum absolute atomic E-state index is 0.114. The van der Waals surface area contributed by atoms with Crippen LogP contribution in [0.25, 0.3) is 0 Å². The van der Waals surface area contributed by atoms with Crippen molar-refractivity contribution in [1.82, 2.24) is 0 Å². The summed E-state index contributed by atoms with van der Waals surface area (Å²) in [6, 6.07) is 2.06. The van der Waals surface area contributed by atoms with Crippen molar-refractivity contribution in [2.75, 3.05) is 0 Å². The number of carbonyl (C=O) groups is 1. The summed E-state index contributed by atoms with van der Waals surface area (Å²) >= 11 is 5.57. The van der Waals surface area contributed by atoms with E-state index in [4.69, 9.17) is 16.3 Å². The van der Waals surface area contributed by atoms with E-state index in [1.54, 1.807) is 0 Å². The van der Waals surface area contributed by atoms with Crippen LogP contribution in [0.1, 0.15) is 24.2 Å². The highest BCUT2D eigenvalue weighted by Gasteiger charge is 2.34. The fraction of sp³-hybridized carbons (Fsp3) is 0.417. The van der Waals surface area contributed by atoms with E-state index in [1.165, 1.54) is 6.92 Å². The molecule has 0 saturated carbocycles. The predicted octanol–water partition coefficient (Wildman–Crippen LogP) is 3.98. The Labute approximate surface area is 117 Å². The Morgan fingerprint density at radius 2 is 1.85 bits per heavy atom. The lowest BCUT2D eigenvalue weighted by atomic mass is 10.2. The number of halogens is 5. The van der Waals surface area contributed by atoms with Gasteiger partial charge in [-0.15, -0.1) is 13.2 Å². The molecule has 3 nitrogen and oxygen atoms in total. The molecule has 0 aliphatic rings. The average Bonchev–Trinajstić information content (AvgIpc) is 2.32. The van der Waals surface area contributed by atoms with Crippen LogP contribution in [0.5, 0.6) is 5.75 Å². The van der Waals surface area contributed by atoms with Gasteiger partial charge in [-0.1, -0.05) is 11.6 Å². The van der Waals surface area contributed by atoms with Crippen LogP contribution in [0.3, 0.4) is 0 Å². The standard InChI is InChI=1S/C12H11ClF4O3/c1-6(7(2)20-12(15,16)17)19-10-4-3-9(14)11(13)8(10)5-18/h3-7H,1-2H3/t6?,7-/m1/s1. The smallest absolute Gasteiger partial charge is 0.487 e. The van der Waals surface area contributed by atoms with Crippen LogP contribution >= 0.6 is 11.6 Å². The SMILES string of the molecule is CC(Oc1ccc(F)c(Cl)c1C=O)[C@@H](C)OC(F)(F)F. The summed E-state index contributed by atoms with van der Waals surface area (Å²) in [5.41, 5.74) is -0.266. The summed E-state index contributed by atoms with van der Waals surface area (Å²) in [6.45, 7) is 2.48. The number of rotatable bonds is 5. The molecule has 0 aliphatic carbocycles. The molecule has 0 fully saturated rings. The molecule has 0 N–H and O–H groups in total. The lowest BCUT2D eigenvalue weighted by molar-refractivity contribution is -0.346. The van der Waals surface area contributed by atoms with Gasteiger partial charge in [0.05, 0.1) is 10.6 Å². The summed E-state index contributed by atoms with van der Waals surface area (Å²) in [5.74, 6) is -0.940.